The van der Waals surface area contributed by atoms with Gasteiger partial charge in [0.15, 0.2) is 5.78 Å². The van der Waals surface area contributed by atoms with E-state index in [4.69, 9.17) is 16.3 Å². The van der Waals surface area contributed by atoms with E-state index in [0.29, 0.717) is 12.1 Å². The topological polar surface area (TPSA) is 72.7 Å². The Morgan fingerprint density at radius 3 is 2.80 bits per heavy atom. The second-order valence-electron chi connectivity index (χ2n) is 8.42. The number of hydrogen-bond acceptors (Lipinski definition) is 4. The molecule has 2 bridgehead atoms. The molecule has 1 amide bonds. The number of benzene rings is 1. The highest BCUT2D eigenvalue weighted by molar-refractivity contribution is 6.30. The van der Waals surface area contributed by atoms with E-state index in [9.17, 15) is 14.0 Å². The van der Waals surface area contributed by atoms with Gasteiger partial charge in [0, 0.05) is 24.2 Å². The van der Waals surface area contributed by atoms with Gasteiger partial charge in [-0.3, -0.25) is 14.0 Å². The maximum atomic E-state index is 13.4. The predicted molar refractivity (Wildman–Crippen MR) is 108 cm³/mol. The van der Waals surface area contributed by atoms with Gasteiger partial charge in [-0.2, -0.15) is 0 Å². The number of pyridine rings is 1. The monoisotopic (exact) mass is 427 g/mol. The number of fused-ring (bicyclic) bond motifs is 1. The van der Waals surface area contributed by atoms with Crippen molar-refractivity contribution in [1.29, 1.82) is 0 Å². The van der Waals surface area contributed by atoms with E-state index in [2.05, 4.69) is 10.3 Å². The van der Waals surface area contributed by atoms with Crippen molar-refractivity contribution in [2.75, 3.05) is 6.61 Å². The molecule has 0 aliphatic heterocycles. The van der Waals surface area contributed by atoms with Crippen molar-refractivity contribution in [2.24, 2.45) is 5.41 Å². The molecule has 154 valence electrons. The molecule has 6 nitrogen and oxygen atoms in total. The van der Waals surface area contributed by atoms with Crippen LogP contribution < -0.4 is 10.1 Å². The molecular weight excluding hydrogens is 409 g/mol. The summed E-state index contributed by atoms with van der Waals surface area (Å²) in [6, 6.07) is 9.67. The molecule has 0 spiro atoms. The first-order valence-electron chi connectivity index (χ1n) is 9.71. The molecule has 0 unspecified atom stereocenters. The van der Waals surface area contributed by atoms with Crippen LogP contribution in [0.3, 0.4) is 0 Å². The summed E-state index contributed by atoms with van der Waals surface area (Å²) in [6.45, 7) is -0.107. The van der Waals surface area contributed by atoms with Crippen LogP contribution in [0.2, 0.25) is 5.02 Å². The second-order valence-corrected chi connectivity index (χ2v) is 8.82. The van der Waals surface area contributed by atoms with Gasteiger partial charge in [-0.1, -0.05) is 17.7 Å². The lowest BCUT2D eigenvalue weighted by molar-refractivity contribution is -0.162. The van der Waals surface area contributed by atoms with Gasteiger partial charge in [0.05, 0.1) is 11.2 Å². The average molecular weight is 428 g/mol. The number of nitrogens with zero attached hydrogens (tertiary/aromatic N) is 2. The first-order valence-corrected chi connectivity index (χ1v) is 10.1. The fraction of sp³-hybridized carbons (Fsp3) is 0.318. The summed E-state index contributed by atoms with van der Waals surface area (Å²) in [5.41, 5.74) is 0.946. The van der Waals surface area contributed by atoms with E-state index in [-0.39, 0.29) is 40.0 Å². The summed E-state index contributed by atoms with van der Waals surface area (Å²) in [5.74, 6) is -0.488. The molecule has 3 fully saturated rings. The maximum Gasteiger partial charge on any atom is 0.270 e. The molecule has 0 saturated heterocycles. The molecule has 0 radical (unpaired) electrons. The van der Waals surface area contributed by atoms with Crippen LogP contribution in [0.4, 0.5) is 4.39 Å². The van der Waals surface area contributed by atoms with Crippen LogP contribution in [0, 0.1) is 11.2 Å². The van der Waals surface area contributed by atoms with Crippen molar-refractivity contribution in [1.82, 2.24) is 14.7 Å². The van der Waals surface area contributed by atoms with Crippen LogP contribution in [0.1, 0.15) is 36.2 Å². The molecule has 3 aliphatic rings. The lowest BCUT2D eigenvalue weighted by Gasteiger charge is -2.70. The van der Waals surface area contributed by atoms with E-state index < -0.39 is 5.82 Å². The van der Waals surface area contributed by atoms with Gasteiger partial charge in [-0.25, -0.2) is 9.37 Å². The van der Waals surface area contributed by atoms with Gasteiger partial charge in [0.25, 0.3) is 5.91 Å². The molecule has 2 aromatic heterocycles. The van der Waals surface area contributed by atoms with Gasteiger partial charge in [-0.15, -0.1) is 0 Å². The Hall–Kier alpha value is -2.93. The van der Waals surface area contributed by atoms with Crippen LogP contribution in [0.15, 0.2) is 48.8 Å². The first-order chi connectivity index (χ1) is 14.4. The Morgan fingerprint density at radius 1 is 1.23 bits per heavy atom. The fourth-order valence-electron chi connectivity index (χ4n) is 4.92. The molecule has 6 rings (SSSR count). The van der Waals surface area contributed by atoms with Crippen molar-refractivity contribution in [3.8, 4) is 5.75 Å². The van der Waals surface area contributed by atoms with E-state index >= 15 is 0 Å². The molecule has 3 aromatic rings. The van der Waals surface area contributed by atoms with Crippen LogP contribution in [0.5, 0.6) is 5.75 Å². The zero-order valence-corrected chi connectivity index (χ0v) is 16.8. The van der Waals surface area contributed by atoms with E-state index in [1.54, 1.807) is 10.6 Å². The summed E-state index contributed by atoms with van der Waals surface area (Å²) in [4.78, 5) is 29.3. The normalized spacial score (nSPS) is 24.1. The number of halogens is 2. The number of carbonyl (C=O) groups excluding carboxylic acids is 2. The van der Waals surface area contributed by atoms with Crippen LogP contribution in [-0.4, -0.2) is 33.2 Å². The number of ketones is 1. The Balaban J connectivity index is 1.13. The number of ether oxygens (including phenoxy) is 1. The number of imidazole rings is 1. The van der Waals surface area contributed by atoms with Crippen LogP contribution in [-0.2, 0) is 4.79 Å². The van der Waals surface area contributed by atoms with Gasteiger partial charge in [-0.05, 0) is 48.9 Å². The zero-order valence-electron chi connectivity index (χ0n) is 16.0. The Kier molecular flexibility index (Phi) is 4.32. The minimum Gasteiger partial charge on any atom is -0.486 e. The summed E-state index contributed by atoms with van der Waals surface area (Å²) in [7, 11) is 0. The molecule has 8 heteroatoms. The van der Waals surface area contributed by atoms with Gasteiger partial charge < -0.3 is 10.1 Å². The second kappa shape index (κ2) is 6.80. The van der Waals surface area contributed by atoms with Crippen molar-refractivity contribution in [2.45, 2.75) is 31.2 Å². The highest BCUT2D eigenvalue weighted by Gasteiger charge is 2.68. The molecule has 1 N–H and O–H groups in total. The summed E-state index contributed by atoms with van der Waals surface area (Å²) in [6.07, 6.45) is 6.13. The molecule has 3 aliphatic carbocycles. The number of amides is 1. The predicted octanol–water partition coefficient (Wildman–Crippen LogP) is 3.82. The first kappa shape index (κ1) is 19.1. The third kappa shape index (κ3) is 3.23. The Bertz CT molecular complexity index is 1160. The minimum absolute atomic E-state index is 0.0128. The standard InChI is InChI=1S/C22H19ClFN3O3/c23-16-5-4-15(7-17(16)24)30-10-14(28)8-21-11-22(12-21,13-21)26-20(29)18-9-25-19-3-1-2-6-27(18)19/h1-7,9H,8,10-13H2,(H,26,29). The van der Waals surface area contributed by atoms with Crippen LogP contribution >= 0.6 is 11.6 Å². The number of nitrogens with one attached hydrogen (secondary N) is 1. The minimum atomic E-state index is -0.579. The number of rotatable bonds is 7. The third-order valence-corrected chi connectivity index (χ3v) is 6.34. The summed E-state index contributed by atoms with van der Waals surface area (Å²) < 4.78 is 20.6. The molecule has 2 heterocycles. The molecule has 0 atom stereocenters. The molecular formula is C22H19ClFN3O3. The van der Waals surface area contributed by atoms with Gasteiger partial charge >= 0.3 is 0 Å². The number of Topliss-reactive ketones (excluding diaryl/α,β-unsaturated/α-hetero) is 1. The van der Waals surface area contributed by atoms with E-state index in [1.807, 2.05) is 24.4 Å². The summed E-state index contributed by atoms with van der Waals surface area (Å²) >= 11 is 5.64. The number of hydrogen-bond donors (Lipinski definition) is 1. The zero-order chi connectivity index (χ0) is 20.9. The van der Waals surface area contributed by atoms with E-state index in [0.717, 1.165) is 24.9 Å². The quantitative estimate of drug-likeness (QED) is 0.622. The average Bonchev–Trinajstić information content (AvgIpc) is 3.10. The number of carbonyl (C=O) groups is 2. The smallest absolute Gasteiger partial charge is 0.270 e. The SMILES string of the molecule is O=C(COc1ccc(Cl)c(F)c1)CC12CC(NC(=O)c3cnc4ccccn34)(C1)C2. The van der Waals surface area contributed by atoms with Crippen LogP contribution in [0.25, 0.3) is 5.65 Å². The van der Waals surface area contributed by atoms with Crippen molar-refractivity contribution in [3.63, 3.8) is 0 Å². The third-order valence-electron chi connectivity index (χ3n) is 6.03. The largest absolute Gasteiger partial charge is 0.486 e. The summed E-state index contributed by atoms with van der Waals surface area (Å²) in [5, 5.41) is 3.14. The Morgan fingerprint density at radius 2 is 2.03 bits per heavy atom. The molecule has 30 heavy (non-hydrogen) atoms. The van der Waals surface area contributed by atoms with E-state index in [1.165, 1.54) is 18.2 Å². The highest BCUT2D eigenvalue weighted by atomic mass is 35.5. The maximum absolute atomic E-state index is 13.4. The lowest BCUT2D eigenvalue weighted by Crippen LogP contribution is -2.75. The lowest BCUT2D eigenvalue weighted by atomic mass is 9.38. The van der Waals surface area contributed by atoms with Gasteiger partial charge in [0.2, 0.25) is 0 Å². The van der Waals surface area contributed by atoms with Crippen molar-refractivity contribution in [3.05, 3.63) is 65.3 Å². The Labute approximate surface area is 177 Å². The highest BCUT2D eigenvalue weighted by Crippen LogP contribution is 2.69. The van der Waals surface area contributed by atoms with Crippen molar-refractivity contribution >= 4 is 28.9 Å². The number of aromatic nitrogens is 2. The van der Waals surface area contributed by atoms with Gasteiger partial charge in [0.1, 0.15) is 29.5 Å². The van der Waals surface area contributed by atoms with Crippen molar-refractivity contribution < 1.29 is 18.7 Å². The fourth-order valence-corrected chi connectivity index (χ4v) is 5.04. The molecule has 3 saturated carbocycles. The molecule has 1 aromatic carbocycles.